The molecule has 0 N–H and O–H groups in total. The van der Waals surface area contributed by atoms with Crippen LogP contribution in [0.25, 0.3) is 0 Å². The van der Waals surface area contributed by atoms with E-state index in [9.17, 15) is 4.79 Å². The highest BCUT2D eigenvalue weighted by Gasteiger charge is 2.12. The molecule has 0 fully saturated rings. The molecule has 1 aromatic heterocycles. The maximum Gasteiger partial charge on any atom is 0.227 e. The maximum absolute atomic E-state index is 12.0. The van der Waals surface area contributed by atoms with E-state index in [0.717, 1.165) is 19.5 Å². The number of unbranched alkanes of at least 4 members (excludes halogenated alkanes) is 3. The summed E-state index contributed by atoms with van der Waals surface area (Å²) in [6.07, 6.45) is 5.46. The van der Waals surface area contributed by atoms with Gasteiger partial charge in [0.15, 0.2) is 0 Å². The van der Waals surface area contributed by atoms with Crippen molar-refractivity contribution in [1.29, 1.82) is 0 Å². The van der Waals surface area contributed by atoms with Crippen molar-refractivity contribution in [1.82, 2.24) is 4.90 Å². The second-order valence-corrected chi connectivity index (χ2v) is 5.32. The van der Waals surface area contributed by atoms with Gasteiger partial charge in [0, 0.05) is 18.0 Å². The number of carbonyl (C=O) groups is 1. The summed E-state index contributed by atoms with van der Waals surface area (Å²) in [6.45, 7) is 6.02. The third-order valence-corrected chi connectivity index (χ3v) is 3.80. The minimum absolute atomic E-state index is 0.270. The van der Waals surface area contributed by atoms with Gasteiger partial charge in [-0.2, -0.15) is 0 Å². The number of amides is 1. The van der Waals surface area contributed by atoms with Crippen molar-refractivity contribution in [3.8, 4) is 0 Å². The molecule has 3 heteroatoms. The number of thiophene rings is 1. The second kappa shape index (κ2) is 8.29. The van der Waals surface area contributed by atoms with Crippen LogP contribution in [-0.4, -0.2) is 23.9 Å². The van der Waals surface area contributed by atoms with Gasteiger partial charge in [0.05, 0.1) is 6.42 Å². The zero-order valence-corrected chi connectivity index (χ0v) is 11.8. The highest BCUT2D eigenvalue weighted by atomic mass is 32.1. The van der Waals surface area contributed by atoms with Crippen LogP contribution in [0.1, 0.15) is 44.4 Å². The molecule has 96 valence electrons. The van der Waals surface area contributed by atoms with Gasteiger partial charge in [0.25, 0.3) is 0 Å². The second-order valence-electron chi connectivity index (χ2n) is 4.29. The first-order valence-electron chi connectivity index (χ1n) is 6.58. The van der Waals surface area contributed by atoms with Crippen LogP contribution in [0.4, 0.5) is 0 Å². The molecule has 0 aliphatic rings. The molecule has 0 aromatic carbocycles. The third kappa shape index (κ3) is 5.35. The van der Waals surface area contributed by atoms with E-state index >= 15 is 0 Å². The first kappa shape index (κ1) is 14.2. The molecule has 0 radical (unpaired) electrons. The first-order valence-corrected chi connectivity index (χ1v) is 7.46. The molecule has 0 aliphatic carbocycles. The molecule has 1 heterocycles. The van der Waals surface area contributed by atoms with Crippen molar-refractivity contribution >= 4 is 17.2 Å². The predicted molar refractivity (Wildman–Crippen MR) is 74.4 cm³/mol. The maximum atomic E-state index is 12.0. The Morgan fingerprint density at radius 1 is 1.29 bits per heavy atom. The van der Waals surface area contributed by atoms with Crippen molar-refractivity contribution < 1.29 is 4.79 Å². The molecule has 1 rings (SSSR count). The number of hydrogen-bond acceptors (Lipinski definition) is 2. The van der Waals surface area contributed by atoms with Crippen molar-refractivity contribution in [3.05, 3.63) is 22.4 Å². The topological polar surface area (TPSA) is 20.3 Å². The Morgan fingerprint density at radius 2 is 2.12 bits per heavy atom. The Morgan fingerprint density at radius 3 is 2.71 bits per heavy atom. The van der Waals surface area contributed by atoms with Gasteiger partial charge >= 0.3 is 0 Å². The fourth-order valence-electron chi connectivity index (χ4n) is 1.86. The standard InChI is InChI=1S/C14H23NOS/c1-3-5-6-7-10-15(4-2)14(16)12-13-9-8-11-17-13/h8-9,11H,3-7,10,12H2,1-2H3. The van der Waals surface area contributed by atoms with Crippen LogP contribution in [0, 0.1) is 0 Å². The van der Waals surface area contributed by atoms with Gasteiger partial charge in [-0.3, -0.25) is 4.79 Å². The molecule has 0 saturated heterocycles. The van der Waals surface area contributed by atoms with Crippen molar-refractivity contribution in [2.45, 2.75) is 46.0 Å². The highest BCUT2D eigenvalue weighted by Crippen LogP contribution is 2.11. The Bertz CT molecular complexity index is 308. The van der Waals surface area contributed by atoms with Crippen molar-refractivity contribution in [2.75, 3.05) is 13.1 Å². The molecule has 0 unspecified atom stereocenters. The van der Waals surface area contributed by atoms with E-state index in [1.807, 2.05) is 22.4 Å². The largest absolute Gasteiger partial charge is 0.343 e. The summed E-state index contributed by atoms with van der Waals surface area (Å²) in [4.78, 5) is 15.2. The Balaban J connectivity index is 2.31. The summed E-state index contributed by atoms with van der Waals surface area (Å²) in [6, 6.07) is 4.04. The zero-order chi connectivity index (χ0) is 12.5. The Kier molecular flexibility index (Phi) is 6.94. The van der Waals surface area contributed by atoms with E-state index in [0.29, 0.717) is 6.42 Å². The number of likely N-dealkylation sites (N-methyl/N-ethyl adjacent to an activating group) is 1. The lowest BCUT2D eigenvalue weighted by atomic mass is 10.2. The van der Waals surface area contributed by atoms with Crippen LogP contribution in [-0.2, 0) is 11.2 Å². The van der Waals surface area contributed by atoms with Crippen LogP contribution in [0.2, 0.25) is 0 Å². The average molecular weight is 253 g/mol. The summed E-state index contributed by atoms with van der Waals surface area (Å²) in [5, 5.41) is 2.03. The summed E-state index contributed by atoms with van der Waals surface area (Å²) < 4.78 is 0. The van der Waals surface area contributed by atoms with Gasteiger partial charge in [-0.05, 0) is 24.8 Å². The van der Waals surface area contributed by atoms with E-state index in [4.69, 9.17) is 0 Å². The number of carbonyl (C=O) groups excluding carboxylic acids is 1. The lowest BCUT2D eigenvalue weighted by Crippen LogP contribution is -2.32. The molecular formula is C14H23NOS. The van der Waals surface area contributed by atoms with Crippen molar-refractivity contribution in [2.24, 2.45) is 0 Å². The van der Waals surface area contributed by atoms with Gasteiger partial charge in [0.2, 0.25) is 5.91 Å². The molecular weight excluding hydrogens is 230 g/mol. The first-order chi connectivity index (χ1) is 8.27. The van der Waals surface area contributed by atoms with E-state index < -0.39 is 0 Å². The summed E-state index contributed by atoms with van der Waals surface area (Å²) in [5.41, 5.74) is 0. The molecule has 0 saturated carbocycles. The highest BCUT2D eigenvalue weighted by molar-refractivity contribution is 7.10. The van der Waals surface area contributed by atoms with Gasteiger partial charge in [-0.25, -0.2) is 0 Å². The molecule has 1 aromatic rings. The molecule has 0 aliphatic heterocycles. The fourth-order valence-corrected chi connectivity index (χ4v) is 2.56. The Labute approximate surface area is 109 Å². The number of hydrogen-bond donors (Lipinski definition) is 0. The van der Waals surface area contributed by atoms with E-state index in [1.54, 1.807) is 11.3 Å². The molecule has 17 heavy (non-hydrogen) atoms. The minimum Gasteiger partial charge on any atom is -0.343 e. The molecule has 1 amide bonds. The van der Waals surface area contributed by atoms with E-state index in [-0.39, 0.29) is 5.91 Å². The average Bonchev–Trinajstić information content (AvgIpc) is 2.82. The molecule has 0 atom stereocenters. The lowest BCUT2D eigenvalue weighted by molar-refractivity contribution is -0.130. The summed E-state index contributed by atoms with van der Waals surface area (Å²) >= 11 is 1.66. The lowest BCUT2D eigenvalue weighted by Gasteiger charge is -2.20. The monoisotopic (exact) mass is 253 g/mol. The fraction of sp³-hybridized carbons (Fsp3) is 0.643. The van der Waals surface area contributed by atoms with Gasteiger partial charge in [0.1, 0.15) is 0 Å². The van der Waals surface area contributed by atoms with Crippen LogP contribution >= 0.6 is 11.3 Å². The van der Waals surface area contributed by atoms with Gasteiger partial charge in [-0.1, -0.05) is 32.3 Å². The predicted octanol–water partition coefficient (Wildman–Crippen LogP) is 3.72. The van der Waals surface area contributed by atoms with Crippen LogP contribution in [0.3, 0.4) is 0 Å². The smallest absolute Gasteiger partial charge is 0.227 e. The van der Waals surface area contributed by atoms with Gasteiger partial charge < -0.3 is 4.90 Å². The van der Waals surface area contributed by atoms with Crippen LogP contribution in [0.5, 0.6) is 0 Å². The van der Waals surface area contributed by atoms with Crippen LogP contribution in [0.15, 0.2) is 17.5 Å². The number of nitrogens with zero attached hydrogens (tertiary/aromatic N) is 1. The third-order valence-electron chi connectivity index (χ3n) is 2.92. The quantitative estimate of drug-likeness (QED) is 0.647. The van der Waals surface area contributed by atoms with Gasteiger partial charge in [-0.15, -0.1) is 11.3 Å². The minimum atomic E-state index is 0.270. The van der Waals surface area contributed by atoms with Crippen LogP contribution < -0.4 is 0 Å². The summed E-state index contributed by atoms with van der Waals surface area (Å²) in [5.74, 6) is 0.270. The molecule has 0 spiro atoms. The SMILES string of the molecule is CCCCCCN(CC)C(=O)Cc1cccs1. The van der Waals surface area contributed by atoms with E-state index in [1.165, 1.54) is 24.1 Å². The normalized spacial score (nSPS) is 10.5. The Hall–Kier alpha value is -0.830. The molecule has 0 bridgehead atoms. The number of rotatable bonds is 8. The summed E-state index contributed by atoms with van der Waals surface area (Å²) in [7, 11) is 0. The van der Waals surface area contributed by atoms with E-state index in [2.05, 4.69) is 13.8 Å². The zero-order valence-electron chi connectivity index (χ0n) is 10.9. The molecule has 2 nitrogen and oxygen atoms in total. The van der Waals surface area contributed by atoms with Crippen molar-refractivity contribution in [3.63, 3.8) is 0 Å².